The lowest BCUT2D eigenvalue weighted by molar-refractivity contribution is 0.310. The van der Waals surface area contributed by atoms with Gasteiger partial charge in [0.25, 0.3) is 0 Å². The molecule has 1 fully saturated rings. The Kier molecular flexibility index (Phi) is 4.47. The van der Waals surface area contributed by atoms with Gasteiger partial charge in [-0.2, -0.15) is 4.31 Å². The fourth-order valence-electron chi connectivity index (χ4n) is 1.99. The second kappa shape index (κ2) is 5.29. The van der Waals surface area contributed by atoms with Crippen LogP contribution < -0.4 is 0 Å². The first kappa shape index (κ1) is 14.4. The highest BCUT2D eigenvalue weighted by Crippen LogP contribution is 2.22. The van der Waals surface area contributed by atoms with E-state index in [0.29, 0.717) is 13.1 Å². The molecule has 1 heterocycles. The van der Waals surface area contributed by atoms with Crippen LogP contribution in [0.1, 0.15) is 33.6 Å². The molecule has 1 rings (SSSR count). The predicted octanol–water partition coefficient (Wildman–Crippen LogP) is 1.16. The van der Waals surface area contributed by atoms with Crippen molar-refractivity contribution in [1.82, 2.24) is 4.31 Å². The number of hydrogen-bond acceptors (Lipinski definition) is 4. The zero-order valence-electron chi connectivity index (χ0n) is 10.6. The summed E-state index contributed by atoms with van der Waals surface area (Å²) in [5, 5.41) is 0. The van der Waals surface area contributed by atoms with Gasteiger partial charge in [-0.15, -0.1) is 0 Å². The van der Waals surface area contributed by atoms with E-state index < -0.39 is 10.0 Å². The van der Waals surface area contributed by atoms with Gasteiger partial charge in [0, 0.05) is 13.1 Å². The first-order valence-corrected chi connectivity index (χ1v) is 7.40. The minimum atomic E-state index is -3.25. The van der Waals surface area contributed by atoms with Gasteiger partial charge in [-0.05, 0) is 18.3 Å². The van der Waals surface area contributed by atoms with Gasteiger partial charge >= 0.3 is 0 Å². The smallest absolute Gasteiger partial charge is 0.212 e. The molecule has 98 valence electrons. The molecule has 6 heteroatoms. The Bertz CT molecular complexity index is 405. The maximum atomic E-state index is 12.1. The van der Waals surface area contributed by atoms with E-state index in [1.54, 1.807) is 0 Å². The van der Waals surface area contributed by atoms with Gasteiger partial charge in [0.05, 0.1) is 11.8 Å². The Hall–Kier alpha value is -0.710. The molecule has 0 aromatic carbocycles. The van der Waals surface area contributed by atoms with Crippen molar-refractivity contribution >= 4 is 16.1 Å². The van der Waals surface area contributed by atoms with Crippen LogP contribution in [0.5, 0.6) is 0 Å². The number of hydrogen-bond donors (Lipinski definition) is 0. The van der Waals surface area contributed by atoms with Gasteiger partial charge in [0.1, 0.15) is 0 Å². The maximum absolute atomic E-state index is 12.1. The summed E-state index contributed by atoms with van der Waals surface area (Å²) in [5.74, 6) is 0.123. The van der Waals surface area contributed by atoms with Gasteiger partial charge in [-0.25, -0.2) is 18.2 Å². The van der Waals surface area contributed by atoms with Crippen LogP contribution in [0.2, 0.25) is 0 Å². The minimum absolute atomic E-state index is 0.123. The van der Waals surface area contributed by atoms with Crippen LogP contribution in [-0.4, -0.2) is 43.7 Å². The number of nitrogens with zero attached hydrogens (tertiary/aromatic N) is 2. The molecule has 17 heavy (non-hydrogen) atoms. The van der Waals surface area contributed by atoms with Crippen molar-refractivity contribution in [1.29, 1.82) is 0 Å². The molecule has 0 aromatic rings. The van der Waals surface area contributed by atoms with E-state index in [0.717, 1.165) is 12.8 Å². The van der Waals surface area contributed by atoms with Crippen molar-refractivity contribution in [3.8, 4) is 0 Å². The lowest BCUT2D eigenvalue weighted by Crippen LogP contribution is -2.44. The number of aliphatic imine (C=N–C) groups is 1. The Morgan fingerprint density at radius 1 is 1.41 bits per heavy atom. The monoisotopic (exact) mass is 260 g/mol. The Labute approximate surface area is 103 Å². The van der Waals surface area contributed by atoms with Crippen molar-refractivity contribution in [2.24, 2.45) is 10.4 Å². The second-order valence-corrected chi connectivity index (χ2v) is 7.66. The third kappa shape index (κ3) is 4.58. The van der Waals surface area contributed by atoms with Crippen LogP contribution in [-0.2, 0) is 14.8 Å². The molecule has 0 amide bonds. The fourth-order valence-corrected chi connectivity index (χ4v) is 4.08. The van der Waals surface area contributed by atoms with Crippen molar-refractivity contribution in [3.63, 3.8) is 0 Å². The van der Waals surface area contributed by atoms with Crippen molar-refractivity contribution in [3.05, 3.63) is 0 Å². The number of sulfonamides is 1. The summed E-state index contributed by atoms with van der Waals surface area (Å²) in [6, 6.07) is -0.226. The largest absolute Gasteiger partial charge is 0.235 e. The number of carbonyl (C=O) groups excluding carboxylic acids is 1. The highest BCUT2D eigenvalue weighted by Gasteiger charge is 2.31. The summed E-state index contributed by atoms with van der Waals surface area (Å²) >= 11 is 0. The first-order valence-electron chi connectivity index (χ1n) is 5.79. The van der Waals surface area contributed by atoms with E-state index in [4.69, 9.17) is 0 Å². The SMILES string of the molecule is CC(C)(C)CS(=O)(=O)N1CCCC(N=C=O)C1. The fraction of sp³-hybridized carbons (Fsp3) is 0.909. The average molecular weight is 260 g/mol. The van der Waals surface area contributed by atoms with Crippen LogP contribution in [0.15, 0.2) is 4.99 Å². The second-order valence-electron chi connectivity index (χ2n) is 5.69. The third-order valence-corrected chi connectivity index (χ3v) is 4.95. The zero-order valence-corrected chi connectivity index (χ0v) is 11.5. The first-order chi connectivity index (χ1) is 7.74. The van der Waals surface area contributed by atoms with E-state index in [1.807, 2.05) is 20.8 Å². The number of piperidine rings is 1. The van der Waals surface area contributed by atoms with Crippen LogP contribution in [0.4, 0.5) is 0 Å². The van der Waals surface area contributed by atoms with E-state index in [2.05, 4.69) is 4.99 Å². The summed E-state index contributed by atoms with van der Waals surface area (Å²) in [5.41, 5.74) is -0.264. The molecule has 1 unspecified atom stereocenters. The van der Waals surface area contributed by atoms with Gasteiger partial charge < -0.3 is 0 Å². The van der Waals surface area contributed by atoms with Crippen molar-refractivity contribution < 1.29 is 13.2 Å². The number of isocyanates is 1. The summed E-state index contributed by atoms with van der Waals surface area (Å²) in [6.45, 7) is 6.54. The van der Waals surface area contributed by atoms with Crippen molar-refractivity contribution in [2.45, 2.75) is 39.7 Å². The normalized spacial score (nSPS) is 23.1. The Morgan fingerprint density at radius 3 is 2.59 bits per heavy atom. The average Bonchev–Trinajstić information content (AvgIpc) is 2.15. The molecule has 0 radical (unpaired) electrons. The summed E-state index contributed by atoms with van der Waals surface area (Å²) in [7, 11) is -3.25. The molecule has 1 saturated heterocycles. The highest BCUT2D eigenvalue weighted by molar-refractivity contribution is 7.89. The summed E-state index contributed by atoms with van der Waals surface area (Å²) in [4.78, 5) is 13.8. The molecule has 0 saturated carbocycles. The molecule has 1 aliphatic rings. The third-order valence-electron chi connectivity index (χ3n) is 2.60. The molecule has 5 nitrogen and oxygen atoms in total. The molecule has 0 bridgehead atoms. The van der Waals surface area contributed by atoms with Gasteiger partial charge in [-0.3, -0.25) is 0 Å². The molecule has 0 spiro atoms. The lowest BCUT2D eigenvalue weighted by Gasteiger charge is -2.31. The molecule has 0 aromatic heterocycles. The number of rotatable bonds is 3. The molecule has 1 atom stereocenters. The summed E-state index contributed by atoms with van der Waals surface area (Å²) < 4.78 is 25.7. The standard InChI is InChI=1S/C11H20N2O3S/c1-11(2,3)8-17(15,16)13-6-4-5-10(7-13)12-9-14/h10H,4-8H2,1-3H3. The Balaban J connectivity index is 2.75. The molecular formula is C11H20N2O3S. The topological polar surface area (TPSA) is 66.8 Å². The highest BCUT2D eigenvalue weighted by atomic mass is 32.2. The van der Waals surface area contributed by atoms with E-state index >= 15 is 0 Å². The van der Waals surface area contributed by atoms with Crippen LogP contribution >= 0.6 is 0 Å². The lowest BCUT2D eigenvalue weighted by atomic mass is 10.0. The van der Waals surface area contributed by atoms with Crippen LogP contribution in [0.3, 0.4) is 0 Å². The molecular weight excluding hydrogens is 240 g/mol. The van der Waals surface area contributed by atoms with Crippen molar-refractivity contribution in [2.75, 3.05) is 18.8 Å². The molecule has 0 N–H and O–H groups in total. The molecule has 1 aliphatic heterocycles. The molecule has 0 aliphatic carbocycles. The van der Waals surface area contributed by atoms with Gasteiger partial charge in [0.15, 0.2) is 0 Å². The Morgan fingerprint density at radius 2 is 2.06 bits per heavy atom. The van der Waals surface area contributed by atoms with E-state index in [1.165, 1.54) is 10.4 Å². The predicted molar refractivity (Wildman–Crippen MR) is 66.0 cm³/mol. The van der Waals surface area contributed by atoms with Crippen LogP contribution in [0, 0.1) is 5.41 Å². The van der Waals surface area contributed by atoms with Gasteiger partial charge in [0.2, 0.25) is 16.1 Å². The quantitative estimate of drug-likeness (QED) is 0.565. The van der Waals surface area contributed by atoms with E-state index in [-0.39, 0.29) is 17.2 Å². The summed E-state index contributed by atoms with van der Waals surface area (Å²) in [6.07, 6.45) is 3.02. The maximum Gasteiger partial charge on any atom is 0.235 e. The minimum Gasteiger partial charge on any atom is -0.212 e. The van der Waals surface area contributed by atoms with Crippen LogP contribution in [0.25, 0.3) is 0 Å². The van der Waals surface area contributed by atoms with E-state index in [9.17, 15) is 13.2 Å². The zero-order chi connectivity index (χ0) is 13.1. The van der Waals surface area contributed by atoms with Gasteiger partial charge in [-0.1, -0.05) is 20.8 Å².